The van der Waals surface area contributed by atoms with E-state index in [1.165, 1.54) is 10.7 Å². The molecule has 0 saturated heterocycles. The van der Waals surface area contributed by atoms with Crippen molar-refractivity contribution in [3.63, 3.8) is 0 Å². The van der Waals surface area contributed by atoms with E-state index in [1.54, 1.807) is 54.9 Å². The topological polar surface area (TPSA) is 60.7 Å². The third kappa shape index (κ3) is 5.10. The van der Waals surface area contributed by atoms with E-state index >= 15 is 0 Å². The normalized spacial score (nSPS) is 11.0. The minimum absolute atomic E-state index is 0.0152. The van der Waals surface area contributed by atoms with Gasteiger partial charge in [0.05, 0.1) is 17.1 Å². The number of ketones is 1. The van der Waals surface area contributed by atoms with Crippen molar-refractivity contribution < 1.29 is 18.0 Å². The summed E-state index contributed by atoms with van der Waals surface area (Å²) in [7, 11) is 0. The molecule has 0 aliphatic heterocycles. The maximum atomic E-state index is 13.1. The van der Waals surface area contributed by atoms with Crippen LogP contribution in [0.15, 0.2) is 73.1 Å². The smallest absolute Gasteiger partial charge is 0.279 e. The Labute approximate surface area is 191 Å². The van der Waals surface area contributed by atoms with Gasteiger partial charge in [-0.15, -0.1) is 5.10 Å². The fraction of sp³-hybridized carbons (Fsp3) is 0.0833. The quantitative estimate of drug-likeness (QED) is 0.303. The minimum atomic E-state index is -4.46. The van der Waals surface area contributed by atoms with Crippen LogP contribution in [0, 0.1) is 11.8 Å². The highest BCUT2D eigenvalue weighted by atomic mass is 35.5. The number of nitrogens with zero attached hydrogens (tertiary/aromatic N) is 4. The first-order valence-corrected chi connectivity index (χ1v) is 10.0. The Hall–Kier alpha value is -3.96. The zero-order chi connectivity index (χ0) is 23.4. The van der Waals surface area contributed by atoms with Gasteiger partial charge in [0, 0.05) is 23.5 Å². The lowest BCUT2D eigenvalue weighted by Crippen LogP contribution is -2.08. The standard InChI is InChI=1S/C24H14ClF3N4O/c25-20-9-2-1-8-19(20)22(33)11-10-21-23(17-6-4-12-29-14-17)32(31-30-21)15-16-5-3-7-18(13-16)24(26,27)28/h1-9,12-14H,15H2. The number of benzene rings is 2. The summed E-state index contributed by atoms with van der Waals surface area (Å²) in [5.41, 5.74) is 1.10. The van der Waals surface area contributed by atoms with Crippen LogP contribution in [0.4, 0.5) is 13.2 Å². The van der Waals surface area contributed by atoms with Gasteiger partial charge in [-0.25, -0.2) is 4.68 Å². The van der Waals surface area contributed by atoms with Crippen molar-refractivity contribution in [2.24, 2.45) is 0 Å². The van der Waals surface area contributed by atoms with E-state index in [0.717, 1.165) is 12.1 Å². The van der Waals surface area contributed by atoms with Gasteiger partial charge in [0.1, 0.15) is 5.69 Å². The Kier molecular flexibility index (Phi) is 6.24. The lowest BCUT2D eigenvalue weighted by molar-refractivity contribution is -0.137. The van der Waals surface area contributed by atoms with Crippen molar-refractivity contribution in [3.8, 4) is 23.1 Å². The Bertz CT molecular complexity index is 1370. The second kappa shape index (κ2) is 9.27. The molecule has 0 spiro atoms. The van der Waals surface area contributed by atoms with Crippen LogP contribution >= 0.6 is 11.6 Å². The van der Waals surface area contributed by atoms with Crippen LogP contribution < -0.4 is 0 Å². The lowest BCUT2D eigenvalue weighted by atomic mass is 10.1. The van der Waals surface area contributed by atoms with E-state index in [0.29, 0.717) is 16.8 Å². The van der Waals surface area contributed by atoms with E-state index in [9.17, 15) is 18.0 Å². The number of Topliss-reactive ketones (excluding diaryl/α,β-unsaturated/α-hetero) is 1. The Morgan fingerprint density at radius 1 is 1.06 bits per heavy atom. The van der Waals surface area contributed by atoms with Gasteiger partial charge in [0.15, 0.2) is 5.69 Å². The van der Waals surface area contributed by atoms with Gasteiger partial charge in [-0.2, -0.15) is 13.2 Å². The fourth-order valence-electron chi connectivity index (χ4n) is 3.14. The number of aromatic nitrogens is 4. The molecule has 0 aliphatic rings. The van der Waals surface area contributed by atoms with Gasteiger partial charge < -0.3 is 0 Å². The summed E-state index contributed by atoms with van der Waals surface area (Å²) in [6.45, 7) is 0.0152. The van der Waals surface area contributed by atoms with Crippen LogP contribution in [-0.4, -0.2) is 25.8 Å². The van der Waals surface area contributed by atoms with Crippen molar-refractivity contribution in [3.05, 3.63) is 100 Å². The Morgan fingerprint density at radius 2 is 1.88 bits per heavy atom. The summed E-state index contributed by atoms with van der Waals surface area (Å²) in [6.07, 6.45) is -1.32. The minimum Gasteiger partial charge on any atom is -0.279 e. The largest absolute Gasteiger partial charge is 0.416 e. The third-order valence-corrected chi connectivity index (χ3v) is 5.00. The van der Waals surface area contributed by atoms with E-state index < -0.39 is 17.5 Å². The Balaban J connectivity index is 1.73. The summed E-state index contributed by atoms with van der Waals surface area (Å²) in [4.78, 5) is 16.6. The maximum absolute atomic E-state index is 13.1. The first-order valence-electron chi connectivity index (χ1n) is 9.64. The van der Waals surface area contributed by atoms with Crippen LogP contribution in [0.1, 0.15) is 27.2 Å². The number of hydrogen-bond acceptors (Lipinski definition) is 4. The number of pyridine rings is 1. The molecule has 4 aromatic rings. The number of hydrogen-bond donors (Lipinski definition) is 0. The molecule has 164 valence electrons. The monoisotopic (exact) mass is 466 g/mol. The number of carbonyl (C=O) groups excluding carboxylic acids is 1. The van der Waals surface area contributed by atoms with E-state index in [2.05, 4.69) is 27.1 Å². The molecular weight excluding hydrogens is 453 g/mol. The molecule has 5 nitrogen and oxygen atoms in total. The van der Waals surface area contributed by atoms with Crippen LogP contribution in [0.25, 0.3) is 11.3 Å². The number of alkyl halides is 3. The van der Waals surface area contributed by atoms with Crippen LogP contribution in [0.3, 0.4) is 0 Å². The predicted molar refractivity (Wildman–Crippen MR) is 116 cm³/mol. The summed E-state index contributed by atoms with van der Waals surface area (Å²) < 4.78 is 40.7. The first-order chi connectivity index (χ1) is 15.8. The van der Waals surface area contributed by atoms with Gasteiger partial charge >= 0.3 is 6.18 Å². The van der Waals surface area contributed by atoms with Crippen molar-refractivity contribution >= 4 is 17.4 Å². The molecule has 0 radical (unpaired) electrons. The first kappa shape index (κ1) is 22.2. The second-order valence-corrected chi connectivity index (χ2v) is 7.35. The molecule has 4 rings (SSSR count). The maximum Gasteiger partial charge on any atom is 0.416 e. The molecule has 0 N–H and O–H groups in total. The number of halogens is 4. The summed E-state index contributed by atoms with van der Waals surface area (Å²) in [5.74, 6) is 4.74. The average molecular weight is 467 g/mol. The van der Waals surface area contributed by atoms with E-state index in [-0.39, 0.29) is 22.8 Å². The van der Waals surface area contributed by atoms with Gasteiger partial charge in [-0.05, 0) is 53.8 Å². The van der Waals surface area contributed by atoms with E-state index in [1.807, 2.05) is 0 Å². The molecule has 0 unspecified atom stereocenters. The zero-order valence-corrected chi connectivity index (χ0v) is 17.6. The van der Waals surface area contributed by atoms with Crippen molar-refractivity contribution in [2.45, 2.75) is 12.7 Å². The molecule has 0 fully saturated rings. The van der Waals surface area contributed by atoms with Gasteiger partial charge in [-0.3, -0.25) is 9.78 Å². The number of rotatable bonds is 4. The van der Waals surface area contributed by atoms with Crippen LogP contribution in [0.5, 0.6) is 0 Å². The predicted octanol–water partition coefficient (Wildman–Crippen LogP) is 5.30. The highest BCUT2D eigenvalue weighted by Gasteiger charge is 2.30. The molecule has 0 aliphatic carbocycles. The van der Waals surface area contributed by atoms with Crippen LogP contribution in [-0.2, 0) is 12.7 Å². The molecule has 9 heteroatoms. The van der Waals surface area contributed by atoms with Crippen molar-refractivity contribution in [1.29, 1.82) is 0 Å². The van der Waals surface area contributed by atoms with E-state index in [4.69, 9.17) is 11.6 Å². The van der Waals surface area contributed by atoms with Gasteiger partial charge in [0.2, 0.25) is 5.78 Å². The SMILES string of the molecule is O=C(C#Cc1nnn(Cc2cccc(C(F)(F)F)c2)c1-c1cccnc1)c1ccccc1Cl. The van der Waals surface area contributed by atoms with Gasteiger partial charge in [0.25, 0.3) is 0 Å². The number of carbonyl (C=O) groups is 1. The molecule has 33 heavy (non-hydrogen) atoms. The van der Waals surface area contributed by atoms with Crippen LogP contribution in [0.2, 0.25) is 5.02 Å². The molecule has 0 amide bonds. The summed E-state index contributed by atoms with van der Waals surface area (Å²) in [5, 5.41) is 8.39. The fourth-order valence-corrected chi connectivity index (χ4v) is 3.37. The highest BCUT2D eigenvalue weighted by molar-refractivity contribution is 6.35. The molecule has 0 bridgehead atoms. The lowest BCUT2D eigenvalue weighted by Gasteiger charge is -2.10. The molecule has 2 aromatic carbocycles. The average Bonchev–Trinajstić information content (AvgIpc) is 3.20. The molecule has 0 saturated carbocycles. The molecule has 0 atom stereocenters. The van der Waals surface area contributed by atoms with Gasteiger partial charge in [-0.1, -0.05) is 41.1 Å². The Morgan fingerprint density at radius 3 is 2.61 bits per heavy atom. The third-order valence-electron chi connectivity index (χ3n) is 4.67. The zero-order valence-electron chi connectivity index (χ0n) is 16.8. The second-order valence-electron chi connectivity index (χ2n) is 6.94. The highest BCUT2D eigenvalue weighted by Crippen LogP contribution is 2.30. The summed E-state index contributed by atoms with van der Waals surface area (Å²) >= 11 is 6.06. The summed E-state index contributed by atoms with van der Waals surface area (Å²) in [6, 6.07) is 14.9. The molecular formula is C24H14ClF3N4O. The van der Waals surface area contributed by atoms with Crippen molar-refractivity contribution in [2.75, 3.05) is 0 Å². The van der Waals surface area contributed by atoms with Crippen molar-refractivity contribution in [1.82, 2.24) is 20.0 Å². The molecule has 2 heterocycles. The molecule has 2 aromatic heterocycles.